The van der Waals surface area contributed by atoms with Crippen molar-refractivity contribution in [3.63, 3.8) is 0 Å². The van der Waals surface area contributed by atoms with Crippen molar-refractivity contribution in [1.82, 2.24) is 20.1 Å². The minimum atomic E-state index is 0.118. The quantitative estimate of drug-likeness (QED) is 0.274. The normalized spacial score (nSPS) is 11.0. The molecule has 164 valence electrons. The lowest BCUT2D eigenvalue weighted by Crippen LogP contribution is -2.23. The summed E-state index contributed by atoms with van der Waals surface area (Å²) >= 11 is 14.0. The van der Waals surface area contributed by atoms with Gasteiger partial charge in [0.2, 0.25) is 5.91 Å². The Labute approximate surface area is 197 Å². The maximum absolute atomic E-state index is 11.8. The third kappa shape index (κ3) is 6.48. The number of carbonyl (C=O) groups excluding carboxylic acids is 1. The second-order valence-corrected chi connectivity index (χ2v) is 9.14. The molecule has 0 aliphatic rings. The van der Waals surface area contributed by atoms with Crippen molar-refractivity contribution in [2.45, 2.75) is 44.7 Å². The summed E-state index contributed by atoms with van der Waals surface area (Å²) in [5, 5.41) is 13.6. The second-order valence-electron chi connectivity index (χ2n) is 7.26. The summed E-state index contributed by atoms with van der Waals surface area (Å²) in [4.78, 5) is 11.8. The number of nitrogens with zero attached hydrogens (tertiary/aromatic N) is 3. The standard InChI is InChI=1S/C23H26Cl2N4OS/c1-3-13-26-21(30)6-4-5-14-31-23-28-27-22(17-9-7-16(2)8-10-17)29(23)18-11-12-19(24)20(25)15-18/h7-12,15H,3-6,13-14H2,1-2H3,(H,26,30). The number of carbonyl (C=O) groups is 1. The van der Waals surface area contributed by atoms with Crippen LogP contribution in [0.15, 0.2) is 47.6 Å². The summed E-state index contributed by atoms with van der Waals surface area (Å²) in [5.74, 6) is 1.71. The molecule has 0 aliphatic carbocycles. The minimum absolute atomic E-state index is 0.118. The zero-order valence-electron chi connectivity index (χ0n) is 17.7. The largest absolute Gasteiger partial charge is 0.356 e. The van der Waals surface area contributed by atoms with Crippen LogP contribution in [0.2, 0.25) is 10.0 Å². The first-order chi connectivity index (χ1) is 15.0. The van der Waals surface area contributed by atoms with Gasteiger partial charge < -0.3 is 5.32 Å². The first-order valence-corrected chi connectivity index (χ1v) is 12.1. The first-order valence-electron chi connectivity index (χ1n) is 10.4. The van der Waals surface area contributed by atoms with Crippen LogP contribution in [-0.4, -0.2) is 33.0 Å². The fraction of sp³-hybridized carbons (Fsp3) is 0.348. The maximum atomic E-state index is 11.8. The summed E-state index contributed by atoms with van der Waals surface area (Å²) in [6.07, 6.45) is 3.26. The predicted molar refractivity (Wildman–Crippen MR) is 129 cm³/mol. The highest BCUT2D eigenvalue weighted by Crippen LogP contribution is 2.31. The molecule has 0 unspecified atom stereocenters. The van der Waals surface area contributed by atoms with Gasteiger partial charge in [0.15, 0.2) is 11.0 Å². The van der Waals surface area contributed by atoms with Crippen molar-refractivity contribution in [2.24, 2.45) is 0 Å². The number of halogens is 2. The van der Waals surface area contributed by atoms with E-state index < -0.39 is 0 Å². The Morgan fingerprint density at radius 3 is 2.55 bits per heavy atom. The van der Waals surface area contributed by atoms with E-state index in [0.717, 1.165) is 53.8 Å². The molecule has 31 heavy (non-hydrogen) atoms. The number of unbranched alkanes of at least 4 members (excludes halogenated alkanes) is 1. The van der Waals surface area contributed by atoms with Gasteiger partial charge in [-0.1, -0.05) is 71.7 Å². The van der Waals surface area contributed by atoms with E-state index in [-0.39, 0.29) is 5.91 Å². The molecule has 3 aromatic rings. The van der Waals surface area contributed by atoms with Crippen LogP contribution in [-0.2, 0) is 4.79 Å². The van der Waals surface area contributed by atoms with Gasteiger partial charge >= 0.3 is 0 Å². The van der Waals surface area contributed by atoms with E-state index in [1.807, 2.05) is 35.8 Å². The van der Waals surface area contributed by atoms with E-state index in [1.54, 1.807) is 17.8 Å². The molecular formula is C23H26Cl2N4OS. The van der Waals surface area contributed by atoms with E-state index >= 15 is 0 Å². The van der Waals surface area contributed by atoms with E-state index in [0.29, 0.717) is 16.5 Å². The monoisotopic (exact) mass is 476 g/mol. The van der Waals surface area contributed by atoms with Crippen LogP contribution >= 0.6 is 35.0 Å². The predicted octanol–water partition coefficient (Wildman–Crippen LogP) is 6.34. The van der Waals surface area contributed by atoms with Gasteiger partial charge in [0.05, 0.1) is 15.7 Å². The third-order valence-electron chi connectivity index (χ3n) is 4.71. The summed E-state index contributed by atoms with van der Waals surface area (Å²) in [6.45, 7) is 4.84. The molecule has 5 nitrogen and oxygen atoms in total. The topological polar surface area (TPSA) is 59.8 Å². The molecule has 0 atom stereocenters. The van der Waals surface area contributed by atoms with Crippen LogP contribution in [0, 0.1) is 6.92 Å². The third-order valence-corrected chi connectivity index (χ3v) is 6.46. The van der Waals surface area contributed by atoms with Gasteiger partial charge in [-0.2, -0.15) is 0 Å². The summed E-state index contributed by atoms with van der Waals surface area (Å²) in [6, 6.07) is 13.7. The SMILES string of the molecule is CCCNC(=O)CCCCSc1nnc(-c2ccc(C)cc2)n1-c1ccc(Cl)c(Cl)c1. The van der Waals surface area contributed by atoms with Crippen molar-refractivity contribution in [1.29, 1.82) is 0 Å². The molecule has 1 aromatic heterocycles. The number of amides is 1. The van der Waals surface area contributed by atoms with E-state index in [1.165, 1.54) is 5.56 Å². The molecular weight excluding hydrogens is 451 g/mol. The fourth-order valence-electron chi connectivity index (χ4n) is 3.01. The minimum Gasteiger partial charge on any atom is -0.356 e. The van der Waals surface area contributed by atoms with Crippen LogP contribution in [0.4, 0.5) is 0 Å². The average Bonchev–Trinajstić information content (AvgIpc) is 3.18. The number of aromatic nitrogens is 3. The van der Waals surface area contributed by atoms with Crippen LogP contribution < -0.4 is 5.32 Å². The Bertz CT molecular complexity index is 1020. The van der Waals surface area contributed by atoms with Gasteiger partial charge in [-0.25, -0.2) is 0 Å². The molecule has 1 amide bonds. The zero-order valence-corrected chi connectivity index (χ0v) is 20.0. The molecule has 0 spiro atoms. The van der Waals surface area contributed by atoms with Gasteiger partial charge in [0, 0.05) is 24.3 Å². The van der Waals surface area contributed by atoms with Gasteiger partial charge in [-0.3, -0.25) is 9.36 Å². The van der Waals surface area contributed by atoms with Gasteiger partial charge in [-0.15, -0.1) is 10.2 Å². The van der Waals surface area contributed by atoms with Crippen molar-refractivity contribution in [3.05, 3.63) is 58.1 Å². The highest BCUT2D eigenvalue weighted by Gasteiger charge is 2.17. The lowest BCUT2D eigenvalue weighted by Gasteiger charge is -2.11. The molecule has 3 rings (SSSR count). The van der Waals surface area contributed by atoms with Crippen LogP contribution in [0.5, 0.6) is 0 Å². The Morgan fingerprint density at radius 2 is 1.84 bits per heavy atom. The lowest BCUT2D eigenvalue weighted by molar-refractivity contribution is -0.121. The Morgan fingerprint density at radius 1 is 1.06 bits per heavy atom. The van der Waals surface area contributed by atoms with Crippen LogP contribution in [0.3, 0.4) is 0 Å². The smallest absolute Gasteiger partial charge is 0.219 e. The Balaban J connectivity index is 1.76. The van der Waals surface area contributed by atoms with Crippen molar-refractivity contribution in [3.8, 4) is 17.1 Å². The summed E-state index contributed by atoms with van der Waals surface area (Å²) < 4.78 is 2.01. The molecule has 0 bridgehead atoms. The fourth-order valence-corrected chi connectivity index (χ4v) is 4.26. The summed E-state index contributed by atoms with van der Waals surface area (Å²) in [5.41, 5.74) is 3.02. The molecule has 0 saturated heterocycles. The first kappa shape index (κ1) is 23.6. The Hall–Kier alpha value is -2.02. The molecule has 0 saturated carbocycles. The molecule has 0 fully saturated rings. The average molecular weight is 477 g/mol. The number of benzene rings is 2. The molecule has 2 aromatic carbocycles. The van der Waals surface area contributed by atoms with Gasteiger partial charge in [0.25, 0.3) is 0 Å². The van der Waals surface area contributed by atoms with Crippen molar-refractivity contribution < 1.29 is 4.79 Å². The van der Waals surface area contributed by atoms with E-state index in [2.05, 4.69) is 34.6 Å². The number of rotatable bonds is 10. The Kier molecular flexibility index (Phi) is 8.81. The maximum Gasteiger partial charge on any atom is 0.219 e. The molecule has 8 heteroatoms. The molecule has 0 radical (unpaired) electrons. The van der Waals surface area contributed by atoms with Gasteiger partial charge in [0.1, 0.15) is 0 Å². The van der Waals surface area contributed by atoms with Crippen LogP contribution in [0.25, 0.3) is 17.1 Å². The second kappa shape index (κ2) is 11.6. The number of hydrogen-bond donors (Lipinski definition) is 1. The number of thioether (sulfide) groups is 1. The highest BCUT2D eigenvalue weighted by molar-refractivity contribution is 7.99. The van der Waals surface area contributed by atoms with Gasteiger partial charge in [-0.05, 0) is 44.4 Å². The van der Waals surface area contributed by atoms with Crippen molar-refractivity contribution >= 4 is 40.9 Å². The molecule has 0 aliphatic heterocycles. The zero-order chi connectivity index (χ0) is 22.2. The van der Waals surface area contributed by atoms with E-state index in [9.17, 15) is 4.79 Å². The molecule has 1 heterocycles. The van der Waals surface area contributed by atoms with Crippen LogP contribution in [0.1, 0.15) is 38.2 Å². The highest BCUT2D eigenvalue weighted by atomic mass is 35.5. The number of nitrogens with one attached hydrogen (secondary N) is 1. The molecule has 1 N–H and O–H groups in total. The summed E-state index contributed by atoms with van der Waals surface area (Å²) in [7, 11) is 0. The van der Waals surface area contributed by atoms with Crippen molar-refractivity contribution in [2.75, 3.05) is 12.3 Å². The number of hydrogen-bond acceptors (Lipinski definition) is 4. The lowest BCUT2D eigenvalue weighted by atomic mass is 10.1. The van der Waals surface area contributed by atoms with E-state index in [4.69, 9.17) is 23.2 Å². The number of aryl methyl sites for hydroxylation is 1.